The molecule has 0 saturated heterocycles. The Balaban J connectivity index is 1.91. The molecule has 5 nitrogen and oxygen atoms in total. The Hall–Kier alpha value is -2.69. The zero-order chi connectivity index (χ0) is 14.4. The fraction of sp³-hybridized carbons (Fsp3) is 0.133. The molecule has 0 spiro atoms. The zero-order valence-corrected chi connectivity index (χ0v) is 10.9. The first-order valence-electron chi connectivity index (χ1n) is 6.22. The average Bonchev–Trinajstić information content (AvgIpc) is 2.43. The first-order valence-corrected chi connectivity index (χ1v) is 6.22. The van der Waals surface area contributed by atoms with E-state index in [1.807, 2.05) is 24.3 Å². The molecule has 0 fully saturated rings. The van der Waals surface area contributed by atoms with Gasteiger partial charge in [0.05, 0.1) is 0 Å². The van der Waals surface area contributed by atoms with Crippen molar-refractivity contribution < 1.29 is 14.6 Å². The molecule has 0 unspecified atom stereocenters. The molecule has 0 atom stereocenters. The first kappa shape index (κ1) is 13.7. The topological polar surface area (TPSA) is 84.6 Å². The molecule has 4 N–H and O–H groups in total. The van der Waals surface area contributed by atoms with E-state index in [9.17, 15) is 4.79 Å². The summed E-state index contributed by atoms with van der Waals surface area (Å²) in [5, 5.41) is 10.8. The Bertz CT molecular complexity index is 565. The van der Waals surface area contributed by atoms with Crippen LogP contribution in [0.1, 0.15) is 5.56 Å². The summed E-state index contributed by atoms with van der Waals surface area (Å²) >= 11 is 0. The van der Waals surface area contributed by atoms with Crippen LogP contribution >= 0.6 is 0 Å². The number of nitrogens with one attached hydrogen (secondary N) is 1. The summed E-state index contributed by atoms with van der Waals surface area (Å²) in [6, 6.07) is 14.7. The molecule has 2 rings (SSSR count). The normalized spacial score (nSPS) is 10.0. The van der Waals surface area contributed by atoms with E-state index in [1.165, 1.54) is 0 Å². The summed E-state index contributed by atoms with van der Waals surface area (Å²) < 4.78 is 5.67. The molecule has 0 heterocycles. The van der Waals surface area contributed by atoms with Crippen molar-refractivity contribution in [1.29, 1.82) is 0 Å². The molecule has 0 aliphatic heterocycles. The van der Waals surface area contributed by atoms with Gasteiger partial charge in [-0.25, -0.2) is 4.79 Å². The lowest BCUT2D eigenvalue weighted by Gasteiger charge is -2.07. The third kappa shape index (κ3) is 4.20. The van der Waals surface area contributed by atoms with E-state index in [0.29, 0.717) is 18.7 Å². The fourth-order valence-electron chi connectivity index (χ4n) is 1.71. The maximum absolute atomic E-state index is 10.3. The number of nitrogen functional groups attached to an aromatic ring is 1. The molecule has 0 saturated carbocycles. The van der Waals surface area contributed by atoms with Crippen LogP contribution in [0.25, 0.3) is 0 Å². The average molecular weight is 272 g/mol. The van der Waals surface area contributed by atoms with E-state index in [1.54, 1.807) is 24.3 Å². The Morgan fingerprint density at radius 1 is 1.05 bits per heavy atom. The third-order valence-corrected chi connectivity index (χ3v) is 2.73. The molecule has 2 aromatic carbocycles. The number of carboxylic acid groups (broad SMARTS) is 1. The van der Waals surface area contributed by atoms with Gasteiger partial charge in [0.1, 0.15) is 11.5 Å². The lowest BCUT2D eigenvalue weighted by Crippen LogP contribution is -2.23. The highest BCUT2D eigenvalue weighted by Crippen LogP contribution is 2.22. The van der Waals surface area contributed by atoms with E-state index >= 15 is 0 Å². The van der Waals surface area contributed by atoms with Gasteiger partial charge >= 0.3 is 6.09 Å². The minimum Gasteiger partial charge on any atom is -0.465 e. The molecule has 104 valence electrons. The van der Waals surface area contributed by atoms with Crippen molar-refractivity contribution in [2.75, 3.05) is 12.3 Å². The maximum atomic E-state index is 10.3. The molecule has 0 aromatic heterocycles. The second-order valence-electron chi connectivity index (χ2n) is 4.30. The van der Waals surface area contributed by atoms with Crippen LogP contribution in [0, 0.1) is 0 Å². The summed E-state index contributed by atoms with van der Waals surface area (Å²) in [6.07, 6.45) is -0.359. The minimum absolute atomic E-state index is 0.396. The summed E-state index contributed by atoms with van der Waals surface area (Å²) in [7, 11) is 0. The lowest BCUT2D eigenvalue weighted by atomic mass is 10.1. The predicted molar refractivity (Wildman–Crippen MR) is 77.1 cm³/mol. The second-order valence-corrected chi connectivity index (χ2v) is 4.30. The number of ether oxygens (including phenoxy) is 1. The van der Waals surface area contributed by atoms with Crippen LogP contribution in [0.2, 0.25) is 0 Å². The minimum atomic E-state index is -1.01. The van der Waals surface area contributed by atoms with Gasteiger partial charge in [-0.2, -0.15) is 0 Å². The first-order chi connectivity index (χ1) is 9.63. The highest BCUT2D eigenvalue weighted by Gasteiger charge is 1.99. The number of benzene rings is 2. The van der Waals surface area contributed by atoms with Gasteiger partial charge in [-0.3, -0.25) is 0 Å². The van der Waals surface area contributed by atoms with Crippen LogP contribution in [0.5, 0.6) is 11.5 Å². The van der Waals surface area contributed by atoms with Gasteiger partial charge in [0.2, 0.25) is 0 Å². The Labute approximate surface area is 117 Å². The number of nitrogens with two attached hydrogens (primary N) is 1. The Morgan fingerprint density at radius 2 is 1.60 bits per heavy atom. The van der Waals surface area contributed by atoms with Crippen LogP contribution in [0.15, 0.2) is 48.5 Å². The highest BCUT2D eigenvalue weighted by molar-refractivity contribution is 5.64. The van der Waals surface area contributed by atoms with Crippen molar-refractivity contribution >= 4 is 11.8 Å². The molecule has 0 aliphatic carbocycles. The number of anilines is 1. The summed E-state index contributed by atoms with van der Waals surface area (Å²) in [4.78, 5) is 10.3. The molecule has 20 heavy (non-hydrogen) atoms. The van der Waals surface area contributed by atoms with Crippen LogP contribution in [0.3, 0.4) is 0 Å². The number of carbonyl (C=O) groups is 1. The van der Waals surface area contributed by atoms with Crippen molar-refractivity contribution in [3.05, 3.63) is 54.1 Å². The fourth-order valence-corrected chi connectivity index (χ4v) is 1.71. The molecule has 5 heteroatoms. The van der Waals surface area contributed by atoms with Crippen molar-refractivity contribution in [2.24, 2.45) is 0 Å². The molecule has 0 aliphatic rings. The smallest absolute Gasteiger partial charge is 0.404 e. The van der Waals surface area contributed by atoms with Gasteiger partial charge in [0.15, 0.2) is 0 Å². The second kappa shape index (κ2) is 6.47. The number of hydrogen-bond acceptors (Lipinski definition) is 3. The molecule has 0 radical (unpaired) electrons. The molecule has 1 amide bonds. The van der Waals surface area contributed by atoms with E-state index in [2.05, 4.69) is 5.32 Å². The maximum Gasteiger partial charge on any atom is 0.404 e. The largest absolute Gasteiger partial charge is 0.465 e. The van der Waals surface area contributed by atoms with Gasteiger partial charge in [-0.05, 0) is 48.4 Å². The van der Waals surface area contributed by atoms with Crippen LogP contribution in [-0.2, 0) is 6.42 Å². The Morgan fingerprint density at radius 3 is 2.15 bits per heavy atom. The van der Waals surface area contributed by atoms with Crippen molar-refractivity contribution in [2.45, 2.75) is 6.42 Å². The number of amides is 1. The van der Waals surface area contributed by atoms with Crippen molar-refractivity contribution in [3.63, 3.8) is 0 Å². The van der Waals surface area contributed by atoms with E-state index in [0.717, 1.165) is 17.1 Å². The van der Waals surface area contributed by atoms with Crippen LogP contribution in [-0.4, -0.2) is 17.7 Å². The summed E-state index contributed by atoms with van der Waals surface area (Å²) in [6.45, 7) is 0.396. The molecule has 0 bridgehead atoms. The highest BCUT2D eigenvalue weighted by atomic mass is 16.5. The summed E-state index contributed by atoms with van der Waals surface area (Å²) in [5.41, 5.74) is 7.34. The number of rotatable bonds is 5. The van der Waals surface area contributed by atoms with E-state index < -0.39 is 6.09 Å². The van der Waals surface area contributed by atoms with Gasteiger partial charge in [0, 0.05) is 12.2 Å². The monoisotopic (exact) mass is 272 g/mol. The van der Waals surface area contributed by atoms with Gasteiger partial charge in [-0.1, -0.05) is 12.1 Å². The lowest BCUT2D eigenvalue weighted by molar-refractivity contribution is 0.194. The van der Waals surface area contributed by atoms with Gasteiger partial charge in [0.25, 0.3) is 0 Å². The van der Waals surface area contributed by atoms with Crippen LogP contribution < -0.4 is 15.8 Å². The van der Waals surface area contributed by atoms with Gasteiger partial charge < -0.3 is 20.9 Å². The zero-order valence-electron chi connectivity index (χ0n) is 10.9. The quantitative estimate of drug-likeness (QED) is 0.731. The number of hydrogen-bond donors (Lipinski definition) is 3. The standard InChI is InChI=1S/C15H16N2O3/c16-12-3-7-14(8-4-12)20-13-5-1-11(2-6-13)9-10-17-15(18)19/h1-8,17H,9-10,16H2,(H,18,19). The Kier molecular flexibility index (Phi) is 4.44. The molecule has 2 aromatic rings. The third-order valence-electron chi connectivity index (χ3n) is 2.73. The van der Waals surface area contributed by atoms with Crippen LogP contribution in [0.4, 0.5) is 10.5 Å². The van der Waals surface area contributed by atoms with E-state index in [-0.39, 0.29) is 0 Å². The van der Waals surface area contributed by atoms with Crippen molar-refractivity contribution in [3.8, 4) is 11.5 Å². The van der Waals surface area contributed by atoms with Gasteiger partial charge in [-0.15, -0.1) is 0 Å². The predicted octanol–water partition coefficient (Wildman–Crippen LogP) is 2.87. The molecular weight excluding hydrogens is 256 g/mol. The SMILES string of the molecule is Nc1ccc(Oc2ccc(CCNC(=O)O)cc2)cc1. The molecular formula is C15H16N2O3. The van der Waals surface area contributed by atoms with Crippen molar-refractivity contribution in [1.82, 2.24) is 5.32 Å². The van der Waals surface area contributed by atoms with E-state index in [4.69, 9.17) is 15.6 Å². The summed E-state index contributed by atoms with van der Waals surface area (Å²) in [5.74, 6) is 1.45.